The molecule has 3 aromatic rings. The highest BCUT2D eigenvalue weighted by molar-refractivity contribution is 6.37. The van der Waals surface area contributed by atoms with E-state index in [0.717, 1.165) is 11.1 Å². The molecule has 2 heterocycles. The second-order valence-corrected chi connectivity index (χ2v) is 7.01. The van der Waals surface area contributed by atoms with Gasteiger partial charge in [-0.25, -0.2) is 9.89 Å². The highest BCUT2D eigenvalue weighted by Gasteiger charge is 2.17. The lowest BCUT2D eigenvalue weighted by Crippen LogP contribution is -2.33. The summed E-state index contributed by atoms with van der Waals surface area (Å²) in [6, 6.07) is 4.23. The summed E-state index contributed by atoms with van der Waals surface area (Å²) < 4.78 is 6.50. The molecule has 0 saturated carbocycles. The van der Waals surface area contributed by atoms with Crippen LogP contribution >= 0.6 is 23.2 Å². The Bertz CT molecular complexity index is 1230. The van der Waals surface area contributed by atoms with Crippen molar-refractivity contribution in [1.82, 2.24) is 25.0 Å². The first kappa shape index (κ1) is 20.6. The lowest BCUT2D eigenvalue weighted by molar-refractivity contribution is 0.452. The molecule has 2 aromatic heterocycles. The zero-order valence-electron chi connectivity index (χ0n) is 15.3. The molecule has 0 aliphatic rings. The Kier molecular flexibility index (Phi) is 5.76. The summed E-state index contributed by atoms with van der Waals surface area (Å²) in [5.74, 6) is -0.231. The van der Waals surface area contributed by atoms with Crippen LogP contribution in [0.4, 0.5) is 5.82 Å². The Morgan fingerprint density at radius 1 is 1.17 bits per heavy atom. The Balaban J connectivity index is 2.02. The van der Waals surface area contributed by atoms with Gasteiger partial charge in [0.15, 0.2) is 5.75 Å². The van der Waals surface area contributed by atoms with Gasteiger partial charge in [0.1, 0.15) is 0 Å². The van der Waals surface area contributed by atoms with Crippen molar-refractivity contribution in [3.05, 3.63) is 65.0 Å². The van der Waals surface area contributed by atoms with Gasteiger partial charge < -0.3 is 10.5 Å². The maximum Gasteiger partial charge on any atom is 0.349 e. The molecule has 0 unspecified atom stereocenters. The number of ether oxygens (including phenoxy) is 1. The van der Waals surface area contributed by atoms with E-state index < -0.39 is 17.1 Å². The predicted octanol–water partition coefficient (Wildman–Crippen LogP) is 2.20. The van der Waals surface area contributed by atoms with E-state index in [4.69, 9.17) is 33.7 Å². The molecular formula is C17H16Cl2N6O4. The van der Waals surface area contributed by atoms with E-state index in [-0.39, 0.29) is 38.8 Å². The van der Waals surface area contributed by atoms with Gasteiger partial charge in [0.2, 0.25) is 11.7 Å². The smallest absolute Gasteiger partial charge is 0.349 e. The van der Waals surface area contributed by atoms with Gasteiger partial charge in [-0.05, 0) is 24.5 Å². The fourth-order valence-corrected chi connectivity index (χ4v) is 3.05. The number of aromatic nitrogens is 5. The van der Waals surface area contributed by atoms with Crippen LogP contribution in [-0.4, -0.2) is 25.0 Å². The van der Waals surface area contributed by atoms with Crippen LogP contribution in [0.1, 0.15) is 31.7 Å². The number of halogens is 2. The zero-order valence-corrected chi connectivity index (χ0v) is 16.8. The van der Waals surface area contributed by atoms with Crippen molar-refractivity contribution < 1.29 is 4.74 Å². The minimum atomic E-state index is -0.814. The number of aromatic amines is 2. The summed E-state index contributed by atoms with van der Waals surface area (Å²) >= 11 is 12.5. The van der Waals surface area contributed by atoms with E-state index in [1.54, 1.807) is 0 Å². The molecule has 0 bridgehead atoms. The third-order valence-electron chi connectivity index (χ3n) is 4.24. The third kappa shape index (κ3) is 4.17. The van der Waals surface area contributed by atoms with E-state index in [0.29, 0.717) is 5.56 Å². The molecule has 10 nitrogen and oxygen atoms in total. The van der Waals surface area contributed by atoms with Crippen LogP contribution < -0.4 is 27.3 Å². The summed E-state index contributed by atoms with van der Waals surface area (Å²) in [7, 11) is 0. The van der Waals surface area contributed by atoms with Crippen molar-refractivity contribution in [2.75, 3.05) is 5.73 Å². The standard InChI is InChI=1S/C17H16Cl2N6O4/c1-3-7(2)9-6-12(22-23-15(9)26)29-13-10(18)4-8(5-11(13)19)25-17(28)21-16(27)14(20)24-25/h4-7H,3H2,1-2H3,(H2,20,24)(H,23,26)(H,21,27,28)/t7-/m0/s1. The second-order valence-electron chi connectivity index (χ2n) is 6.20. The number of benzene rings is 1. The van der Waals surface area contributed by atoms with Crippen molar-refractivity contribution >= 4 is 29.0 Å². The Hall–Kier alpha value is -3.11. The maximum atomic E-state index is 12.0. The molecule has 3 rings (SSSR count). The van der Waals surface area contributed by atoms with Crippen LogP contribution in [0.5, 0.6) is 11.6 Å². The molecule has 1 atom stereocenters. The highest BCUT2D eigenvalue weighted by atomic mass is 35.5. The second kappa shape index (κ2) is 8.10. The van der Waals surface area contributed by atoms with Gasteiger partial charge in [0, 0.05) is 11.6 Å². The lowest BCUT2D eigenvalue weighted by atomic mass is 10.0. The summed E-state index contributed by atoms with van der Waals surface area (Å²) in [6.45, 7) is 3.86. The average molecular weight is 439 g/mol. The lowest BCUT2D eigenvalue weighted by Gasteiger charge is -2.13. The Morgan fingerprint density at radius 3 is 2.45 bits per heavy atom. The molecule has 0 spiro atoms. The van der Waals surface area contributed by atoms with E-state index >= 15 is 0 Å². The number of hydrogen-bond acceptors (Lipinski definition) is 7. The molecule has 1 aromatic carbocycles. The van der Waals surface area contributed by atoms with Crippen LogP contribution in [0.2, 0.25) is 10.0 Å². The molecule has 0 aliphatic heterocycles. The molecule has 4 N–H and O–H groups in total. The Morgan fingerprint density at radius 2 is 1.83 bits per heavy atom. The van der Waals surface area contributed by atoms with E-state index in [1.807, 2.05) is 18.8 Å². The highest BCUT2D eigenvalue weighted by Crippen LogP contribution is 2.37. The molecular weight excluding hydrogens is 423 g/mol. The number of anilines is 1. The van der Waals surface area contributed by atoms with Crippen LogP contribution in [0.3, 0.4) is 0 Å². The van der Waals surface area contributed by atoms with Crippen LogP contribution in [0, 0.1) is 0 Å². The van der Waals surface area contributed by atoms with Gasteiger partial charge in [-0.3, -0.25) is 14.6 Å². The molecule has 0 amide bonds. The van der Waals surface area contributed by atoms with Gasteiger partial charge in [-0.2, -0.15) is 4.68 Å². The fourth-order valence-electron chi connectivity index (χ4n) is 2.50. The number of nitrogens with one attached hydrogen (secondary N) is 2. The van der Waals surface area contributed by atoms with Gasteiger partial charge in [0.05, 0.1) is 15.7 Å². The first-order chi connectivity index (χ1) is 13.7. The van der Waals surface area contributed by atoms with Gasteiger partial charge in [0.25, 0.3) is 11.1 Å². The number of hydrogen-bond donors (Lipinski definition) is 3. The van der Waals surface area contributed by atoms with Gasteiger partial charge in [-0.1, -0.05) is 37.0 Å². The minimum absolute atomic E-state index is 0.000986. The fraction of sp³-hybridized carbons (Fsp3) is 0.235. The van der Waals surface area contributed by atoms with Crippen LogP contribution in [0.15, 0.2) is 32.6 Å². The zero-order chi connectivity index (χ0) is 21.3. The molecule has 0 fully saturated rings. The monoisotopic (exact) mass is 438 g/mol. The first-order valence-corrected chi connectivity index (χ1v) is 9.22. The molecule has 152 valence electrons. The number of H-pyrrole nitrogens is 2. The van der Waals surface area contributed by atoms with Crippen molar-refractivity contribution in [3.63, 3.8) is 0 Å². The van der Waals surface area contributed by atoms with E-state index in [9.17, 15) is 14.4 Å². The SMILES string of the molecule is CC[C@H](C)c1cc(Oc2c(Cl)cc(-n3nc(N)c(=O)[nH]c3=O)cc2Cl)n[nH]c1=O. The number of nitrogens with zero attached hydrogens (tertiary/aromatic N) is 3. The summed E-state index contributed by atoms with van der Waals surface area (Å²) in [5.41, 5.74) is 4.21. The predicted molar refractivity (Wildman–Crippen MR) is 109 cm³/mol. The van der Waals surface area contributed by atoms with Crippen molar-refractivity contribution in [1.29, 1.82) is 0 Å². The third-order valence-corrected chi connectivity index (χ3v) is 4.80. The number of nitrogens with two attached hydrogens (primary N) is 1. The summed E-state index contributed by atoms with van der Waals surface area (Å²) in [4.78, 5) is 37.3. The number of rotatable bonds is 5. The number of nitrogen functional groups attached to an aromatic ring is 1. The van der Waals surface area contributed by atoms with Crippen LogP contribution in [-0.2, 0) is 0 Å². The van der Waals surface area contributed by atoms with Crippen molar-refractivity contribution in [2.45, 2.75) is 26.2 Å². The average Bonchev–Trinajstić information content (AvgIpc) is 2.68. The molecule has 0 saturated heterocycles. The van der Waals surface area contributed by atoms with Crippen molar-refractivity contribution in [2.24, 2.45) is 0 Å². The van der Waals surface area contributed by atoms with Crippen molar-refractivity contribution in [3.8, 4) is 17.3 Å². The first-order valence-electron chi connectivity index (χ1n) is 8.47. The molecule has 0 aliphatic carbocycles. The van der Waals surface area contributed by atoms with Crippen LogP contribution in [0.25, 0.3) is 5.69 Å². The van der Waals surface area contributed by atoms with Gasteiger partial charge >= 0.3 is 5.69 Å². The topological polar surface area (TPSA) is 149 Å². The summed E-state index contributed by atoms with van der Waals surface area (Å²) in [6.07, 6.45) is 0.757. The molecule has 0 radical (unpaired) electrons. The summed E-state index contributed by atoms with van der Waals surface area (Å²) in [5, 5.41) is 10.0. The van der Waals surface area contributed by atoms with E-state index in [1.165, 1.54) is 18.2 Å². The minimum Gasteiger partial charge on any atom is -0.434 e. The quantitative estimate of drug-likeness (QED) is 0.552. The molecule has 12 heteroatoms. The van der Waals surface area contributed by atoms with Gasteiger partial charge in [-0.15, -0.1) is 10.2 Å². The normalized spacial score (nSPS) is 12.0. The largest absolute Gasteiger partial charge is 0.434 e. The molecule has 29 heavy (non-hydrogen) atoms. The maximum absolute atomic E-state index is 12.0. The Labute approximate surface area is 173 Å². The van der Waals surface area contributed by atoms with E-state index in [2.05, 4.69) is 15.3 Å².